The van der Waals surface area contributed by atoms with Gasteiger partial charge in [0.2, 0.25) is 5.91 Å². The van der Waals surface area contributed by atoms with Crippen LogP contribution in [0.1, 0.15) is 53.2 Å². The number of aliphatic imine (C=N–C) groups is 1. The largest absolute Gasteiger partial charge is 0.481 e. The maximum atomic E-state index is 12.7. The number of hydrogen-bond donors (Lipinski definition) is 6. The molecule has 1 aliphatic heterocycles. The Morgan fingerprint density at radius 3 is 2.67 bits per heavy atom. The van der Waals surface area contributed by atoms with E-state index in [1.807, 2.05) is 0 Å². The fourth-order valence-electron chi connectivity index (χ4n) is 4.47. The van der Waals surface area contributed by atoms with E-state index in [1.165, 1.54) is 18.5 Å². The van der Waals surface area contributed by atoms with Crippen LogP contribution >= 0.6 is 0 Å². The molecule has 2 aromatic rings. The summed E-state index contributed by atoms with van der Waals surface area (Å²) >= 11 is 0. The number of amides is 2. The number of nitrogens with one attached hydrogen (secondary N) is 4. The van der Waals surface area contributed by atoms with Crippen molar-refractivity contribution in [3.63, 3.8) is 0 Å². The zero-order chi connectivity index (χ0) is 28.0. The second-order valence-electron chi connectivity index (χ2n) is 9.65. The molecule has 2 radical (unpaired) electrons. The first-order valence-electron chi connectivity index (χ1n) is 12.5. The molecule has 13 heteroatoms. The third-order valence-electron chi connectivity index (χ3n) is 6.71. The Hall–Kier alpha value is -4.44. The number of anilines is 1. The summed E-state index contributed by atoms with van der Waals surface area (Å²) in [5.41, 5.74) is 1.56. The summed E-state index contributed by atoms with van der Waals surface area (Å²) in [6, 6.07) is 7.98. The van der Waals surface area contributed by atoms with Crippen molar-refractivity contribution < 1.29 is 24.6 Å². The predicted octanol–water partition coefficient (Wildman–Crippen LogP) is -0.385. The van der Waals surface area contributed by atoms with Crippen molar-refractivity contribution >= 4 is 42.7 Å². The fraction of sp³-hybridized carbons (Fsp3) is 0.385. The summed E-state index contributed by atoms with van der Waals surface area (Å²) in [6.07, 6.45) is 4.15. The van der Waals surface area contributed by atoms with Crippen LogP contribution in [0.15, 0.2) is 41.7 Å². The topological polar surface area (TPSA) is 189 Å². The number of benzene rings is 1. The first kappa shape index (κ1) is 27.6. The highest BCUT2D eigenvalue weighted by molar-refractivity contribution is 6.32. The van der Waals surface area contributed by atoms with Gasteiger partial charge in [-0.3, -0.25) is 24.4 Å². The van der Waals surface area contributed by atoms with Gasteiger partial charge in [-0.05, 0) is 36.5 Å². The van der Waals surface area contributed by atoms with E-state index < -0.39 is 48.3 Å². The summed E-state index contributed by atoms with van der Waals surface area (Å²) in [6.45, 7) is 0.181. The van der Waals surface area contributed by atoms with Crippen molar-refractivity contribution in [3.8, 4) is 6.07 Å². The molecule has 1 saturated carbocycles. The van der Waals surface area contributed by atoms with Crippen molar-refractivity contribution in [2.75, 3.05) is 25.0 Å². The van der Waals surface area contributed by atoms with E-state index in [4.69, 9.17) is 7.85 Å². The summed E-state index contributed by atoms with van der Waals surface area (Å²) in [7, 11) is 6.07. The third kappa shape index (κ3) is 6.91. The molecule has 2 amide bonds. The zero-order valence-electron chi connectivity index (χ0n) is 21.1. The highest BCUT2D eigenvalue weighted by atomic mass is 16.4. The molecular formula is C26H28BN7O5. The molecule has 0 spiro atoms. The van der Waals surface area contributed by atoms with Crippen LogP contribution in [0.4, 0.5) is 5.69 Å². The highest BCUT2D eigenvalue weighted by Gasteiger charge is 2.39. The van der Waals surface area contributed by atoms with E-state index in [1.54, 1.807) is 18.2 Å². The number of guanidine groups is 1. The summed E-state index contributed by atoms with van der Waals surface area (Å²) in [4.78, 5) is 45.1. The maximum Gasteiger partial charge on any atom is 0.305 e. The van der Waals surface area contributed by atoms with E-state index in [0.717, 1.165) is 6.42 Å². The number of carboxylic acid groups (broad SMARTS) is 1. The van der Waals surface area contributed by atoms with Gasteiger partial charge in [0.05, 0.1) is 60.6 Å². The van der Waals surface area contributed by atoms with Gasteiger partial charge in [-0.15, -0.1) is 0 Å². The van der Waals surface area contributed by atoms with Crippen molar-refractivity contribution in [1.29, 1.82) is 5.26 Å². The monoisotopic (exact) mass is 529 g/mol. The number of carboxylic acids is 1. The normalized spacial score (nSPS) is 18.3. The van der Waals surface area contributed by atoms with Crippen LogP contribution in [0.2, 0.25) is 0 Å². The van der Waals surface area contributed by atoms with Crippen LogP contribution in [0.25, 0.3) is 0 Å². The molecule has 200 valence electrons. The van der Waals surface area contributed by atoms with Gasteiger partial charge >= 0.3 is 5.97 Å². The molecule has 39 heavy (non-hydrogen) atoms. The summed E-state index contributed by atoms with van der Waals surface area (Å²) in [5.74, 6) is -1.85. The van der Waals surface area contributed by atoms with Crippen molar-refractivity contribution in [2.45, 2.75) is 43.2 Å². The fourth-order valence-corrected chi connectivity index (χ4v) is 4.47. The number of carbonyl (C=O) groups excluding carboxylic acids is 2. The van der Waals surface area contributed by atoms with Crippen molar-refractivity contribution in [2.24, 2.45) is 4.99 Å². The molecular weight excluding hydrogens is 501 g/mol. The van der Waals surface area contributed by atoms with Gasteiger partial charge in [-0.2, -0.15) is 5.26 Å². The van der Waals surface area contributed by atoms with Gasteiger partial charge in [-0.25, -0.2) is 0 Å². The van der Waals surface area contributed by atoms with Gasteiger partial charge in [0.25, 0.3) is 5.91 Å². The number of aliphatic hydroxyl groups excluding tert-OH is 1. The maximum absolute atomic E-state index is 12.7. The molecule has 2 aliphatic rings. The van der Waals surface area contributed by atoms with Crippen LogP contribution < -0.4 is 26.7 Å². The SMILES string of the molecule is [B]c1cc(C(CC(=O)O)NC(=O)CNC(=O)c2cncc(NC3=NCC(O)CN3)c2)cc(C2(C#N)CCC2)c1. The number of aliphatic hydroxyl groups is 1. The number of nitrogens with zero attached hydrogens (tertiary/aromatic N) is 3. The molecule has 1 fully saturated rings. The number of β-amino-alcohol motifs (C(OH)–C–C–N with tert-alkyl or cyclic N) is 1. The zero-order valence-corrected chi connectivity index (χ0v) is 21.1. The molecule has 6 N–H and O–H groups in total. The van der Waals surface area contributed by atoms with Gasteiger partial charge < -0.3 is 31.5 Å². The number of nitriles is 1. The van der Waals surface area contributed by atoms with Crippen molar-refractivity contribution in [3.05, 3.63) is 53.3 Å². The van der Waals surface area contributed by atoms with E-state index in [-0.39, 0.29) is 12.1 Å². The average molecular weight is 529 g/mol. The second kappa shape index (κ2) is 12.0. The average Bonchev–Trinajstić information content (AvgIpc) is 2.87. The first-order valence-corrected chi connectivity index (χ1v) is 12.5. The van der Waals surface area contributed by atoms with Gasteiger partial charge in [0.15, 0.2) is 5.96 Å². The lowest BCUT2D eigenvalue weighted by atomic mass is 9.64. The van der Waals surface area contributed by atoms with E-state index in [9.17, 15) is 29.9 Å². The minimum atomic E-state index is -1.13. The molecule has 1 aromatic carbocycles. The number of pyridine rings is 1. The minimum Gasteiger partial charge on any atom is -0.481 e. The first-order chi connectivity index (χ1) is 18.7. The van der Waals surface area contributed by atoms with Gasteiger partial charge in [-0.1, -0.05) is 23.7 Å². The summed E-state index contributed by atoms with van der Waals surface area (Å²) < 4.78 is 0. The van der Waals surface area contributed by atoms with Crippen LogP contribution in [-0.2, 0) is 15.0 Å². The van der Waals surface area contributed by atoms with Gasteiger partial charge in [0, 0.05) is 12.7 Å². The second-order valence-corrected chi connectivity index (χ2v) is 9.65. The van der Waals surface area contributed by atoms with E-state index in [0.29, 0.717) is 47.6 Å². The molecule has 2 atom stereocenters. The highest BCUT2D eigenvalue weighted by Crippen LogP contribution is 2.43. The van der Waals surface area contributed by atoms with E-state index in [2.05, 4.69) is 37.3 Å². The molecule has 0 saturated heterocycles. The summed E-state index contributed by atoms with van der Waals surface area (Å²) in [5, 5.41) is 39.7. The lowest BCUT2D eigenvalue weighted by Gasteiger charge is -2.36. The molecule has 12 nitrogen and oxygen atoms in total. The lowest BCUT2D eigenvalue weighted by Crippen LogP contribution is -2.42. The smallest absolute Gasteiger partial charge is 0.305 e. The minimum absolute atomic E-state index is 0.189. The third-order valence-corrected chi connectivity index (χ3v) is 6.71. The van der Waals surface area contributed by atoms with Crippen LogP contribution in [0, 0.1) is 11.3 Å². The molecule has 2 heterocycles. The van der Waals surface area contributed by atoms with Crippen molar-refractivity contribution in [1.82, 2.24) is 20.9 Å². The number of carbonyl (C=O) groups is 3. The number of hydrogen-bond acceptors (Lipinski definition) is 9. The molecule has 1 aliphatic carbocycles. The standard InChI is InChI=1S/C26H28BN7O5/c27-18-5-15(4-17(7-18)26(14-28)2-1-3-26)21(8-23(37)38)34-22(36)13-30-24(39)16-6-19(10-29-9-16)33-25-31-11-20(35)12-32-25/h4-7,9-10,20-21,35H,1-3,8,11-13H2,(H,30,39)(H,34,36)(H,37,38)(H2,31,32,33). The quantitative estimate of drug-likeness (QED) is 0.235. The molecule has 4 rings (SSSR count). The Morgan fingerprint density at radius 1 is 1.23 bits per heavy atom. The molecule has 2 unspecified atom stereocenters. The Balaban J connectivity index is 1.39. The number of aliphatic carboxylic acids is 1. The Labute approximate surface area is 226 Å². The lowest BCUT2D eigenvalue weighted by molar-refractivity contribution is -0.137. The number of rotatable bonds is 9. The van der Waals surface area contributed by atoms with Crippen LogP contribution in [-0.4, -0.2) is 72.5 Å². The Kier molecular flexibility index (Phi) is 8.46. The molecule has 0 bridgehead atoms. The van der Waals surface area contributed by atoms with Crippen LogP contribution in [0.5, 0.6) is 0 Å². The van der Waals surface area contributed by atoms with Crippen LogP contribution in [0.3, 0.4) is 0 Å². The Morgan fingerprint density at radius 2 is 2.03 bits per heavy atom. The Bertz CT molecular complexity index is 1340. The molecule has 1 aromatic heterocycles. The number of aromatic nitrogens is 1. The predicted molar refractivity (Wildman–Crippen MR) is 143 cm³/mol. The van der Waals surface area contributed by atoms with Gasteiger partial charge in [0.1, 0.15) is 7.85 Å². The van der Waals surface area contributed by atoms with E-state index >= 15 is 0 Å².